The first kappa shape index (κ1) is 13.6. The maximum absolute atomic E-state index is 11.2. The van der Waals surface area contributed by atoms with Crippen molar-refractivity contribution < 1.29 is 24.9 Å². The Hall–Kier alpha value is -1.40. The van der Waals surface area contributed by atoms with Crippen molar-refractivity contribution in [3.8, 4) is 0 Å². The topological polar surface area (TPSA) is 107 Å². The predicted octanol–water partition coefficient (Wildman–Crippen LogP) is -0.920. The minimum atomic E-state index is -1.40. The van der Waals surface area contributed by atoms with Gasteiger partial charge >= 0.3 is 5.97 Å². The monoisotopic (exact) mass is 217 g/mol. The molecule has 0 aromatic rings. The quantitative estimate of drug-likeness (QED) is 0.445. The fraction of sp³-hybridized carbons (Fsp3) is 0.556. The molecule has 6 nitrogen and oxygen atoms in total. The summed E-state index contributed by atoms with van der Waals surface area (Å²) in [5, 5.41) is 28.7. The van der Waals surface area contributed by atoms with E-state index in [1.807, 2.05) is 0 Å². The van der Waals surface area contributed by atoms with Crippen molar-refractivity contribution in [3.05, 3.63) is 12.3 Å². The van der Waals surface area contributed by atoms with Crippen molar-refractivity contribution in [1.29, 1.82) is 0 Å². The normalized spacial score (nSPS) is 13.9. The Labute approximate surface area is 87.2 Å². The lowest BCUT2D eigenvalue weighted by Crippen LogP contribution is -2.44. The van der Waals surface area contributed by atoms with Gasteiger partial charge < -0.3 is 20.6 Å². The number of rotatable bonds is 5. The molecule has 0 aliphatic heterocycles. The molecule has 0 saturated carbocycles. The van der Waals surface area contributed by atoms with Gasteiger partial charge in [0.15, 0.2) is 0 Å². The van der Waals surface area contributed by atoms with Crippen molar-refractivity contribution in [1.82, 2.24) is 5.32 Å². The van der Waals surface area contributed by atoms with Gasteiger partial charge in [-0.3, -0.25) is 4.79 Å². The lowest BCUT2D eigenvalue weighted by atomic mass is 9.87. The van der Waals surface area contributed by atoms with Crippen LogP contribution in [-0.2, 0) is 9.59 Å². The van der Waals surface area contributed by atoms with Gasteiger partial charge in [-0.1, -0.05) is 13.8 Å². The third-order valence-electron chi connectivity index (χ3n) is 1.85. The zero-order valence-corrected chi connectivity index (χ0v) is 8.60. The Morgan fingerprint density at radius 1 is 1.47 bits per heavy atom. The van der Waals surface area contributed by atoms with E-state index >= 15 is 0 Å². The number of aliphatic carboxylic acids is 1. The number of hydrogen-bond donors (Lipinski definition) is 4. The SMILES string of the molecule is CC(C)(CO)[C@H](O)C(=O)NC=CC(=O)O. The maximum atomic E-state index is 11.2. The number of nitrogens with one attached hydrogen (secondary N) is 1. The molecule has 4 N–H and O–H groups in total. The number of aliphatic hydroxyl groups excluding tert-OH is 2. The summed E-state index contributed by atoms with van der Waals surface area (Å²) >= 11 is 0. The fourth-order valence-corrected chi connectivity index (χ4v) is 0.715. The predicted molar refractivity (Wildman–Crippen MR) is 51.8 cm³/mol. The lowest BCUT2D eigenvalue weighted by Gasteiger charge is -2.26. The van der Waals surface area contributed by atoms with Crippen LogP contribution >= 0.6 is 0 Å². The highest BCUT2D eigenvalue weighted by Crippen LogP contribution is 2.19. The summed E-state index contributed by atoms with van der Waals surface area (Å²) in [4.78, 5) is 21.3. The third-order valence-corrected chi connectivity index (χ3v) is 1.85. The number of amides is 1. The van der Waals surface area contributed by atoms with Crippen molar-refractivity contribution in [3.63, 3.8) is 0 Å². The van der Waals surface area contributed by atoms with Crippen LogP contribution in [0.25, 0.3) is 0 Å². The van der Waals surface area contributed by atoms with Crippen LogP contribution in [0, 0.1) is 5.41 Å². The first-order valence-corrected chi connectivity index (χ1v) is 4.30. The molecule has 86 valence electrons. The standard InChI is InChI=1S/C9H15NO5/c1-9(2,5-11)7(14)8(15)10-4-3-6(12)13/h3-4,7,11,14H,5H2,1-2H3,(H,10,15)(H,12,13)/t7-/m1/s1. The summed E-state index contributed by atoms with van der Waals surface area (Å²) in [6, 6.07) is 0. The molecule has 0 saturated heterocycles. The summed E-state index contributed by atoms with van der Waals surface area (Å²) < 4.78 is 0. The summed E-state index contributed by atoms with van der Waals surface area (Å²) in [6.07, 6.45) is 0.249. The van der Waals surface area contributed by atoms with Crippen molar-refractivity contribution in [2.45, 2.75) is 20.0 Å². The highest BCUT2D eigenvalue weighted by atomic mass is 16.4. The van der Waals surface area contributed by atoms with Crippen LogP contribution in [-0.4, -0.2) is 39.9 Å². The Morgan fingerprint density at radius 2 is 2.00 bits per heavy atom. The summed E-state index contributed by atoms with van der Waals surface area (Å²) in [7, 11) is 0. The molecular weight excluding hydrogens is 202 g/mol. The van der Waals surface area contributed by atoms with Crippen LogP contribution in [0.1, 0.15) is 13.8 Å². The van der Waals surface area contributed by atoms with Crippen LogP contribution in [0.15, 0.2) is 12.3 Å². The highest BCUT2D eigenvalue weighted by Gasteiger charge is 2.32. The molecular formula is C9H15NO5. The second-order valence-corrected chi connectivity index (χ2v) is 3.73. The number of hydrogen-bond acceptors (Lipinski definition) is 4. The molecule has 0 fully saturated rings. The fourth-order valence-electron chi connectivity index (χ4n) is 0.715. The van der Waals surface area contributed by atoms with E-state index in [-0.39, 0.29) is 6.61 Å². The van der Waals surface area contributed by atoms with Crippen LogP contribution in [0.3, 0.4) is 0 Å². The number of aliphatic hydroxyl groups is 2. The van der Waals surface area contributed by atoms with E-state index in [1.165, 1.54) is 13.8 Å². The molecule has 0 heterocycles. The second-order valence-electron chi connectivity index (χ2n) is 3.73. The first-order valence-electron chi connectivity index (χ1n) is 4.30. The van der Waals surface area contributed by atoms with Gasteiger partial charge in [-0.05, 0) is 0 Å². The first-order chi connectivity index (χ1) is 6.81. The van der Waals surface area contributed by atoms with Crippen molar-refractivity contribution >= 4 is 11.9 Å². The van der Waals surface area contributed by atoms with E-state index in [4.69, 9.17) is 10.2 Å². The highest BCUT2D eigenvalue weighted by molar-refractivity contribution is 5.84. The second kappa shape index (κ2) is 5.47. The van der Waals surface area contributed by atoms with Crippen LogP contribution < -0.4 is 5.32 Å². The summed E-state index contributed by atoms with van der Waals surface area (Å²) in [5.41, 5.74) is -0.971. The smallest absolute Gasteiger partial charge is 0.329 e. The average molecular weight is 217 g/mol. The number of carbonyl (C=O) groups excluding carboxylic acids is 1. The number of carbonyl (C=O) groups is 2. The van der Waals surface area contributed by atoms with Gasteiger partial charge in [0.2, 0.25) is 0 Å². The number of carboxylic acid groups (broad SMARTS) is 1. The van der Waals surface area contributed by atoms with E-state index in [9.17, 15) is 14.7 Å². The van der Waals surface area contributed by atoms with E-state index in [0.29, 0.717) is 0 Å². The van der Waals surface area contributed by atoms with Crippen LogP contribution in [0.5, 0.6) is 0 Å². The molecule has 15 heavy (non-hydrogen) atoms. The van der Waals surface area contributed by atoms with Crippen LogP contribution in [0.2, 0.25) is 0 Å². The number of carboxylic acids is 1. The van der Waals surface area contributed by atoms with E-state index in [0.717, 1.165) is 12.3 Å². The molecule has 0 aliphatic carbocycles. The Bertz CT molecular complexity index is 272. The van der Waals surface area contributed by atoms with Crippen molar-refractivity contribution in [2.24, 2.45) is 5.41 Å². The Morgan fingerprint density at radius 3 is 2.40 bits per heavy atom. The molecule has 0 radical (unpaired) electrons. The van der Waals surface area contributed by atoms with Crippen LogP contribution in [0.4, 0.5) is 0 Å². The van der Waals surface area contributed by atoms with E-state index in [2.05, 4.69) is 5.32 Å². The zero-order valence-electron chi connectivity index (χ0n) is 8.60. The molecule has 0 unspecified atom stereocenters. The van der Waals surface area contributed by atoms with E-state index < -0.39 is 23.4 Å². The van der Waals surface area contributed by atoms with Crippen molar-refractivity contribution in [2.75, 3.05) is 6.61 Å². The minimum absolute atomic E-state index is 0.357. The van der Waals surface area contributed by atoms with Gasteiger partial charge in [0, 0.05) is 17.7 Å². The molecule has 0 aromatic carbocycles. The Balaban J connectivity index is 4.28. The zero-order chi connectivity index (χ0) is 12.1. The lowest BCUT2D eigenvalue weighted by molar-refractivity contribution is -0.136. The minimum Gasteiger partial charge on any atom is -0.478 e. The van der Waals surface area contributed by atoms with Gasteiger partial charge in [-0.15, -0.1) is 0 Å². The average Bonchev–Trinajstić information content (AvgIpc) is 2.15. The third kappa shape index (κ3) is 4.57. The van der Waals surface area contributed by atoms with E-state index in [1.54, 1.807) is 0 Å². The molecule has 0 spiro atoms. The summed E-state index contributed by atoms with van der Waals surface area (Å²) in [5.74, 6) is -1.96. The van der Waals surface area contributed by atoms with Gasteiger partial charge in [0.25, 0.3) is 5.91 Å². The molecule has 0 aromatic heterocycles. The molecule has 0 bridgehead atoms. The molecule has 1 amide bonds. The van der Waals surface area contributed by atoms with Gasteiger partial charge in [0.05, 0.1) is 6.61 Å². The molecule has 1 atom stereocenters. The molecule has 0 aliphatic rings. The van der Waals surface area contributed by atoms with Gasteiger partial charge in [-0.2, -0.15) is 0 Å². The summed E-state index contributed by atoms with van der Waals surface area (Å²) in [6.45, 7) is 2.67. The van der Waals surface area contributed by atoms with Gasteiger partial charge in [-0.25, -0.2) is 4.79 Å². The molecule has 0 rings (SSSR count). The maximum Gasteiger partial charge on any atom is 0.329 e. The Kier molecular flexibility index (Phi) is 4.96. The van der Waals surface area contributed by atoms with Gasteiger partial charge in [0.1, 0.15) is 6.10 Å². The molecule has 6 heteroatoms. The largest absolute Gasteiger partial charge is 0.478 e.